The molecule has 0 radical (unpaired) electrons. The van der Waals surface area contributed by atoms with Crippen LogP contribution in [0.15, 0.2) is 47.8 Å². The molecule has 5 rings (SSSR count). The van der Waals surface area contributed by atoms with Crippen molar-refractivity contribution in [2.24, 2.45) is 0 Å². The van der Waals surface area contributed by atoms with Gasteiger partial charge in [0.05, 0.1) is 5.70 Å². The lowest BCUT2D eigenvalue weighted by atomic mass is 9.84. The maximum absolute atomic E-state index is 12.4. The summed E-state index contributed by atoms with van der Waals surface area (Å²) in [6.07, 6.45) is 1.17. The van der Waals surface area contributed by atoms with Crippen molar-refractivity contribution in [1.82, 2.24) is 9.80 Å². The molecule has 2 aromatic carbocycles. The van der Waals surface area contributed by atoms with Crippen molar-refractivity contribution in [3.63, 3.8) is 0 Å². The number of carbonyl (C=O) groups is 1. The Kier molecular flexibility index (Phi) is 5.47. The van der Waals surface area contributed by atoms with Crippen LogP contribution in [0.5, 0.6) is 0 Å². The molecule has 0 aromatic heterocycles. The van der Waals surface area contributed by atoms with Gasteiger partial charge in [0, 0.05) is 47.8 Å². The van der Waals surface area contributed by atoms with Crippen molar-refractivity contribution in [2.75, 3.05) is 32.0 Å². The number of rotatable bonds is 4. The van der Waals surface area contributed by atoms with Crippen molar-refractivity contribution in [3.05, 3.63) is 74.5 Å². The summed E-state index contributed by atoms with van der Waals surface area (Å²) in [4.78, 5) is 16.7. The summed E-state index contributed by atoms with van der Waals surface area (Å²) < 4.78 is 0. The highest BCUT2D eigenvalue weighted by Crippen LogP contribution is 2.39. The van der Waals surface area contributed by atoms with Crippen LogP contribution in [0.1, 0.15) is 35.4 Å². The number of likely N-dealkylation sites (tertiary alicyclic amines) is 1. The summed E-state index contributed by atoms with van der Waals surface area (Å²) in [5.41, 5.74) is 5.48. The van der Waals surface area contributed by atoms with Gasteiger partial charge in [-0.1, -0.05) is 35.3 Å². The van der Waals surface area contributed by atoms with Gasteiger partial charge in [-0.2, -0.15) is 0 Å². The Bertz CT molecular complexity index is 1080. The molecular weight excluding hydrogens is 433 g/mol. The maximum Gasteiger partial charge on any atom is 0.215 e. The van der Waals surface area contributed by atoms with Gasteiger partial charge in [0.1, 0.15) is 5.70 Å². The summed E-state index contributed by atoms with van der Waals surface area (Å²) in [6.45, 7) is 3.42. The highest BCUT2D eigenvalue weighted by molar-refractivity contribution is 6.35. The minimum Gasteiger partial charge on any atom is -0.378 e. The zero-order valence-electron chi connectivity index (χ0n) is 17.4. The lowest BCUT2D eigenvalue weighted by molar-refractivity contribution is -0.125. The van der Waals surface area contributed by atoms with E-state index in [1.165, 1.54) is 0 Å². The highest BCUT2D eigenvalue weighted by atomic mass is 35.5. The Morgan fingerprint density at radius 2 is 1.90 bits per heavy atom. The Morgan fingerprint density at radius 3 is 2.68 bits per heavy atom. The van der Waals surface area contributed by atoms with Gasteiger partial charge in [-0.05, 0) is 60.8 Å². The molecule has 7 heteroatoms. The van der Waals surface area contributed by atoms with Crippen LogP contribution in [0.4, 0.5) is 5.69 Å². The van der Waals surface area contributed by atoms with E-state index in [0.717, 1.165) is 67.1 Å². The number of nitrogens with one attached hydrogen (secondary N) is 1. The second-order valence-electron chi connectivity index (χ2n) is 8.68. The van der Waals surface area contributed by atoms with Crippen LogP contribution in [0.3, 0.4) is 0 Å². The number of benzene rings is 2. The van der Waals surface area contributed by atoms with Crippen LogP contribution in [-0.4, -0.2) is 53.5 Å². The van der Waals surface area contributed by atoms with Crippen molar-refractivity contribution in [2.45, 2.75) is 31.4 Å². The number of nitrogens with zero attached hydrogens (tertiary/aromatic N) is 2. The molecule has 2 aliphatic heterocycles. The molecule has 0 bridgehead atoms. The zero-order chi connectivity index (χ0) is 21.7. The summed E-state index contributed by atoms with van der Waals surface area (Å²) in [7, 11) is 2.09. The largest absolute Gasteiger partial charge is 0.378 e. The minimum atomic E-state index is -1.01. The molecule has 162 valence electrons. The molecule has 2 atom stereocenters. The summed E-state index contributed by atoms with van der Waals surface area (Å²) in [6, 6.07) is 11.9. The molecule has 2 aromatic rings. The number of aliphatic hydroxyl groups excluding tert-OH is 1. The number of anilines is 1. The monoisotopic (exact) mass is 457 g/mol. The van der Waals surface area contributed by atoms with E-state index in [4.69, 9.17) is 23.2 Å². The minimum absolute atomic E-state index is 0.126. The van der Waals surface area contributed by atoms with E-state index >= 15 is 0 Å². The average molecular weight is 458 g/mol. The number of carbonyl (C=O) groups excluding carboxylic acids is 1. The second kappa shape index (κ2) is 8.14. The first-order valence-electron chi connectivity index (χ1n) is 10.7. The van der Waals surface area contributed by atoms with Crippen LogP contribution < -0.4 is 5.32 Å². The van der Waals surface area contributed by atoms with E-state index < -0.39 is 6.10 Å². The number of Topliss-reactive ketones (excluding diaryl/α,β-unsaturated/α-hetero) is 1. The standard InChI is InChI=1S/C24H25Cl2N3O2/c1-28-12-18(17-10-15(25)11-20(26)19(17)13-28)14-5-4-6-16(9-14)27-21-22(24(31)23(21)30)29-7-2-3-8-29/h4-6,9-11,18,24,27,31H,2-3,7-8,12-13H2,1H3/t18-,24?/m0/s1. The molecule has 1 unspecified atom stereocenters. The zero-order valence-corrected chi connectivity index (χ0v) is 18.9. The number of halogens is 2. The van der Waals surface area contributed by atoms with E-state index in [1.54, 1.807) is 6.07 Å². The van der Waals surface area contributed by atoms with Gasteiger partial charge in [-0.3, -0.25) is 4.79 Å². The fourth-order valence-corrected chi connectivity index (χ4v) is 5.54. The van der Waals surface area contributed by atoms with E-state index in [9.17, 15) is 9.90 Å². The van der Waals surface area contributed by atoms with Gasteiger partial charge >= 0.3 is 0 Å². The van der Waals surface area contributed by atoms with Crippen LogP contribution >= 0.6 is 23.2 Å². The molecule has 2 N–H and O–H groups in total. The molecule has 0 saturated carbocycles. The first-order valence-corrected chi connectivity index (χ1v) is 11.4. The predicted octanol–water partition coefficient (Wildman–Crippen LogP) is 4.23. The lowest BCUT2D eigenvalue weighted by Crippen LogP contribution is -2.46. The first kappa shape index (κ1) is 20.8. The SMILES string of the molecule is CN1Cc2c(Cl)cc(Cl)cc2[C@H](c2cccc(NC3=C(N4CCCC4)C(O)C3=O)c2)C1. The topological polar surface area (TPSA) is 55.8 Å². The Labute approximate surface area is 192 Å². The van der Waals surface area contributed by atoms with Crippen molar-refractivity contribution in [3.8, 4) is 0 Å². The molecular formula is C24H25Cl2N3O2. The third kappa shape index (κ3) is 3.74. The molecule has 5 nitrogen and oxygen atoms in total. The van der Waals surface area contributed by atoms with E-state index in [2.05, 4.69) is 34.3 Å². The van der Waals surface area contributed by atoms with Gasteiger partial charge in [-0.25, -0.2) is 0 Å². The third-order valence-corrected chi connectivity index (χ3v) is 7.06. The molecule has 1 aliphatic carbocycles. The summed E-state index contributed by atoms with van der Waals surface area (Å²) in [5, 5.41) is 14.8. The Hall–Kier alpha value is -2.05. The molecule has 0 amide bonds. The average Bonchev–Trinajstić information content (AvgIpc) is 3.27. The molecule has 1 fully saturated rings. The van der Waals surface area contributed by atoms with Crippen LogP contribution in [0.2, 0.25) is 10.0 Å². The molecule has 3 aliphatic rings. The Morgan fingerprint density at radius 1 is 1.13 bits per heavy atom. The number of ketones is 1. The molecule has 1 saturated heterocycles. The quantitative estimate of drug-likeness (QED) is 0.718. The fourth-order valence-electron chi connectivity index (χ4n) is 4.97. The number of hydrogen-bond acceptors (Lipinski definition) is 5. The van der Waals surface area contributed by atoms with Crippen LogP contribution in [-0.2, 0) is 11.3 Å². The predicted molar refractivity (Wildman–Crippen MR) is 124 cm³/mol. The van der Waals surface area contributed by atoms with Crippen molar-refractivity contribution < 1.29 is 9.90 Å². The van der Waals surface area contributed by atoms with Gasteiger partial charge < -0.3 is 20.2 Å². The molecule has 2 heterocycles. The van der Waals surface area contributed by atoms with Crippen molar-refractivity contribution >= 4 is 34.7 Å². The van der Waals surface area contributed by atoms with Gasteiger partial charge in [-0.15, -0.1) is 0 Å². The number of likely N-dealkylation sites (N-methyl/N-ethyl adjacent to an activating group) is 1. The van der Waals surface area contributed by atoms with Gasteiger partial charge in [0.25, 0.3) is 0 Å². The van der Waals surface area contributed by atoms with Crippen LogP contribution in [0, 0.1) is 0 Å². The Balaban J connectivity index is 1.47. The van der Waals surface area contributed by atoms with Gasteiger partial charge in [0.15, 0.2) is 6.10 Å². The normalized spacial score (nSPS) is 23.7. The number of fused-ring (bicyclic) bond motifs is 1. The molecule has 31 heavy (non-hydrogen) atoms. The second-order valence-corrected chi connectivity index (χ2v) is 9.52. The van der Waals surface area contributed by atoms with E-state index in [-0.39, 0.29) is 11.7 Å². The number of aliphatic hydroxyl groups is 1. The molecule has 0 spiro atoms. The highest BCUT2D eigenvalue weighted by Gasteiger charge is 2.42. The maximum atomic E-state index is 12.4. The van der Waals surface area contributed by atoms with E-state index in [0.29, 0.717) is 15.7 Å². The smallest absolute Gasteiger partial charge is 0.215 e. The lowest BCUT2D eigenvalue weighted by Gasteiger charge is -2.35. The number of hydrogen-bond donors (Lipinski definition) is 2. The van der Waals surface area contributed by atoms with Crippen LogP contribution in [0.25, 0.3) is 0 Å². The van der Waals surface area contributed by atoms with E-state index in [1.807, 2.05) is 18.2 Å². The van der Waals surface area contributed by atoms with Gasteiger partial charge in [0.2, 0.25) is 5.78 Å². The third-order valence-electron chi connectivity index (χ3n) is 6.51. The summed E-state index contributed by atoms with van der Waals surface area (Å²) in [5.74, 6) is -0.116. The van der Waals surface area contributed by atoms with Crippen molar-refractivity contribution in [1.29, 1.82) is 0 Å². The first-order chi connectivity index (χ1) is 14.9. The fraction of sp³-hybridized carbons (Fsp3) is 0.375. The summed E-state index contributed by atoms with van der Waals surface area (Å²) >= 11 is 12.8.